The number of nitrogens with one attached hydrogen (secondary N) is 1. The van der Waals surface area contributed by atoms with Crippen LogP contribution in [0, 0.1) is 0 Å². The highest BCUT2D eigenvalue weighted by molar-refractivity contribution is 5.97. The SMILES string of the molecule is CCOCCCN(CC(=O)Nc1ccon1)C(=O)C=Cc1ccccc1. The Bertz CT molecular complexity index is 699. The summed E-state index contributed by atoms with van der Waals surface area (Å²) < 4.78 is 9.98. The molecule has 1 aromatic heterocycles. The summed E-state index contributed by atoms with van der Waals surface area (Å²) in [7, 11) is 0. The van der Waals surface area contributed by atoms with Crippen molar-refractivity contribution in [2.75, 3.05) is 31.6 Å². The van der Waals surface area contributed by atoms with Gasteiger partial charge in [0.05, 0.1) is 0 Å². The molecule has 0 saturated heterocycles. The lowest BCUT2D eigenvalue weighted by Crippen LogP contribution is -2.38. The van der Waals surface area contributed by atoms with E-state index in [0.717, 1.165) is 5.56 Å². The van der Waals surface area contributed by atoms with Gasteiger partial charge < -0.3 is 19.5 Å². The minimum Gasteiger partial charge on any atom is -0.382 e. The van der Waals surface area contributed by atoms with Crippen LogP contribution in [-0.4, -0.2) is 48.2 Å². The monoisotopic (exact) mass is 357 g/mol. The molecule has 0 aliphatic carbocycles. The second-order valence-corrected chi connectivity index (χ2v) is 5.49. The number of benzene rings is 1. The van der Waals surface area contributed by atoms with Crippen LogP contribution in [-0.2, 0) is 14.3 Å². The molecule has 7 nitrogen and oxygen atoms in total. The van der Waals surface area contributed by atoms with E-state index in [1.165, 1.54) is 23.3 Å². The molecule has 26 heavy (non-hydrogen) atoms. The van der Waals surface area contributed by atoms with Crippen LogP contribution in [0.25, 0.3) is 6.08 Å². The Balaban J connectivity index is 1.95. The second-order valence-electron chi connectivity index (χ2n) is 5.49. The number of aromatic nitrogens is 1. The summed E-state index contributed by atoms with van der Waals surface area (Å²) >= 11 is 0. The van der Waals surface area contributed by atoms with Crippen LogP contribution in [0.1, 0.15) is 18.9 Å². The van der Waals surface area contributed by atoms with Crippen molar-refractivity contribution in [3.8, 4) is 0 Å². The van der Waals surface area contributed by atoms with Gasteiger partial charge in [-0.05, 0) is 25.0 Å². The van der Waals surface area contributed by atoms with E-state index >= 15 is 0 Å². The Morgan fingerprint density at radius 1 is 1.27 bits per heavy atom. The van der Waals surface area contributed by atoms with Crippen molar-refractivity contribution in [1.82, 2.24) is 10.1 Å². The van der Waals surface area contributed by atoms with Crippen LogP contribution in [0.3, 0.4) is 0 Å². The Morgan fingerprint density at radius 2 is 2.08 bits per heavy atom. The molecule has 0 spiro atoms. The van der Waals surface area contributed by atoms with Gasteiger partial charge in [-0.3, -0.25) is 9.59 Å². The average molecular weight is 357 g/mol. The van der Waals surface area contributed by atoms with Crippen LogP contribution in [0.4, 0.5) is 5.82 Å². The Morgan fingerprint density at radius 3 is 2.77 bits per heavy atom. The van der Waals surface area contributed by atoms with Gasteiger partial charge >= 0.3 is 0 Å². The number of carbonyl (C=O) groups is 2. The molecule has 1 heterocycles. The zero-order valence-corrected chi connectivity index (χ0v) is 14.8. The summed E-state index contributed by atoms with van der Waals surface area (Å²) in [5, 5.41) is 6.22. The smallest absolute Gasteiger partial charge is 0.247 e. The fourth-order valence-electron chi connectivity index (χ4n) is 2.24. The highest BCUT2D eigenvalue weighted by Crippen LogP contribution is 2.05. The van der Waals surface area contributed by atoms with Crippen LogP contribution in [0.5, 0.6) is 0 Å². The molecule has 2 rings (SSSR count). The molecule has 0 atom stereocenters. The summed E-state index contributed by atoms with van der Waals surface area (Å²) in [5.74, 6) is -0.256. The molecule has 138 valence electrons. The van der Waals surface area contributed by atoms with E-state index in [9.17, 15) is 9.59 Å². The molecule has 0 radical (unpaired) electrons. The topological polar surface area (TPSA) is 84.7 Å². The molecule has 0 bridgehead atoms. The van der Waals surface area contributed by atoms with Crippen molar-refractivity contribution in [3.05, 3.63) is 54.3 Å². The van der Waals surface area contributed by atoms with Crippen molar-refractivity contribution in [2.45, 2.75) is 13.3 Å². The highest BCUT2D eigenvalue weighted by atomic mass is 16.5. The molecule has 7 heteroatoms. The van der Waals surface area contributed by atoms with Gasteiger partial charge in [0, 0.05) is 31.9 Å². The van der Waals surface area contributed by atoms with Crippen LogP contribution in [0.15, 0.2) is 53.3 Å². The number of hydrogen-bond acceptors (Lipinski definition) is 5. The number of hydrogen-bond donors (Lipinski definition) is 1. The van der Waals surface area contributed by atoms with Gasteiger partial charge in [-0.1, -0.05) is 35.5 Å². The molecule has 0 unspecified atom stereocenters. The van der Waals surface area contributed by atoms with Crippen LogP contribution < -0.4 is 5.32 Å². The van der Waals surface area contributed by atoms with Crippen molar-refractivity contribution in [2.24, 2.45) is 0 Å². The molecule has 1 aromatic carbocycles. The van der Waals surface area contributed by atoms with Gasteiger partial charge in [-0.2, -0.15) is 0 Å². The zero-order chi connectivity index (χ0) is 18.6. The molecule has 2 amide bonds. The number of ether oxygens (including phenoxy) is 1. The van der Waals surface area contributed by atoms with Crippen molar-refractivity contribution >= 4 is 23.7 Å². The minimum absolute atomic E-state index is 0.0725. The zero-order valence-electron chi connectivity index (χ0n) is 14.8. The number of anilines is 1. The summed E-state index contributed by atoms with van der Waals surface area (Å²) in [5.41, 5.74) is 0.919. The molecule has 0 aliphatic heterocycles. The summed E-state index contributed by atoms with van der Waals surface area (Å²) in [6.07, 6.45) is 5.21. The lowest BCUT2D eigenvalue weighted by Gasteiger charge is -2.20. The lowest BCUT2D eigenvalue weighted by atomic mass is 10.2. The van der Waals surface area contributed by atoms with E-state index in [-0.39, 0.29) is 18.4 Å². The quantitative estimate of drug-likeness (QED) is 0.522. The maximum Gasteiger partial charge on any atom is 0.247 e. The van der Waals surface area contributed by atoms with Crippen molar-refractivity contribution in [3.63, 3.8) is 0 Å². The first kappa shape index (κ1) is 19.4. The van der Waals surface area contributed by atoms with Crippen molar-refractivity contribution < 1.29 is 18.8 Å². The third kappa shape index (κ3) is 6.90. The van der Waals surface area contributed by atoms with Crippen LogP contribution in [0.2, 0.25) is 0 Å². The normalized spacial score (nSPS) is 10.8. The number of carbonyl (C=O) groups excluding carboxylic acids is 2. The number of nitrogens with zero attached hydrogens (tertiary/aromatic N) is 2. The highest BCUT2D eigenvalue weighted by Gasteiger charge is 2.15. The van der Waals surface area contributed by atoms with Gasteiger partial charge in [0.25, 0.3) is 0 Å². The molecule has 0 saturated carbocycles. The number of rotatable bonds is 10. The van der Waals surface area contributed by atoms with E-state index < -0.39 is 0 Å². The van der Waals surface area contributed by atoms with E-state index in [2.05, 4.69) is 15.0 Å². The third-order valence-corrected chi connectivity index (χ3v) is 3.49. The van der Waals surface area contributed by atoms with E-state index in [0.29, 0.717) is 32.0 Å². The second kappa shape index (κ2) is 10.8. The lowest BCUT2D eigenvalue weighted by molar-refractivity contribution is -0.130. The summed E-state index contributed by atoms with van der Waals surface area (Å²) in [4.78, 5) is 26.1. The first-order valence-corrected chi connectivity index (χ1v) is 8.49. The van der Waals surface area contributed by atoms with Gasteiger partial charge in [0.15, 0.2) is 5.82 Å². The molecule has 2 aromatic rings. The molecular weight excluding hydrogens is 334 g/mol. The minimum atomic E-state index is -0.336. The van der Waals surface area contributed by atoms with Gasteiger partial charge in [-0.25, -0.2) is 0 Å². The predicted molar refractivity (Wildman–Crippen MR) is 98.3 cm³/mol. The maximum atomic E-state index is 12.5. The fourth-order valence-corrected chi connectivity index (χ4v) is 2.24. The molecule has 0 fully saturated rings. The molecule has 0 aliphatic rings. The maximum absolute atomic E-state index is 12.5. The third-order valence-electron chi connectivity index (χ3n) is 3.49. The first-order valence-electron chi connectivity index (χ1n) is 8.49. The van der Waals surface area contributed by atoms with E-state index in [4.69, 9.17) is 4.74 Å². The van der Waals surface area contributed by atoms with E-state index in [1.807, 2.05) is 37.3 Å². The van der Waals surface area contributed by atoms with Gasteiger partial charge in [-0.15, -0.1) is 0 Å². The summed E-state index contributed by atoms with van der Waals surface area (Å²) in [6.45, 7) is 3.42. The Hall–Kier alpha value is -2.93. The van der Waals surface area contributed by atoms with Crippen molar-refractivity contribution in [1.29, 1.82) is 0 Å². The standard InChI is InChI=1S/C19H23N3O4/c1-2-25-13-6-12-22(15-18(23)20-17-11-14-26-21-17)19(24)10-9-16-7-4-3-5-8-16/h3-5,7-11,14H,2,6,12-13,15H2,1H3,(H,20,21,23). The number of amides is 2. The van der Waals surface area contributed by atoms with Gasteiger partial charge in [0.2, 0.25) is 11.8 Å². The van der Waals surface area contributed by atoms with Gasteiger partial charge in [0.1, 0.15) is 12.8 Å². The predicted octanol–water partition coefficient (Wildman–Crippen LogP) is 2.58. The first-order chi connectivity index (χ1) is 12.7. The fraction of sp³-hybridized carbons (Fsp3) is 0.316. The van der Waals surface area contributed by atoms with E-state index in [1.54, 1.807) is 6.08 Å². The molecular formula is C19H23N3O4. The Kier molecular flexibility index (Phi) is 8.08. The van der Waals surface area contributed by atoms with Crippen LogP contribution >= 0.6 is 0 Å². The summed E-state index contributed by atoms with van der Waals surface area (Å²) in [6, 6.07) is 11.0. The average Bonchev–Trinajstić information content (AvgIpc) is 3.16. The Labute approximate surface area is 152 Å². The largest absolute Gasteiger partial charge is 0.382 e. The molecule has 1 N–H and O–H groups in total.